The highest BCUT2D eigenvalue weighted by atomic mass is 16.2. The van der Waals surface area contributed by atoms with Gasteiger partial charge in [0.15, 0.2) is 0 Å². The van der Waals surface area contributed by atoms with Crippen molar-refractivity contribution in [3.8, 4) is 0 Å². The first-order valence-electron chi connectivity index (χ1n) is 11.9. The van der Waals surface area contributed by atoms with Crippen LogP contribution in [0.5, 0.6) is 0 Å². The lowest BCUT2D eigenvalue weighted by Gasteiger charge is -2.33. The molecule has 172 valence electrons. The molecule has 0 radical (unpaired) electrons. The molecule has 3 aromatic rings. The molecule has 5 rings (SSSR count). The molecule has 1 saturated heterocycles. The van der Waals surface area contributed by atoms with Crippen molar-refractivity contribution in [2.24, 2.45) is 0 Å². The predicted molar refractivity (Wildman–Crippen MR) is 126 cm³/mol. The van der Waals surface area contributed by atoms with Crippen LogP contribution in [0.15, 0.2) is 24.5 Å². The molecule has 2 amide bonds. The van der Waals surface area contributed by atoms with E-state index in [9.17, 15) is 9.59 Å². The topological polar surface area (TPSA) is 83.7 Å². The van der Waals surface area contributed by atoms with Crippen molar-refractivity contribution in [2.45, 2.75) is 58.8 Å². The molecule has 8 nitrogen and oxygen atoms in total. The number of rotatable bonds is 4. The van der Waals surface area contributed by atoms with Gasteiger partial charge in [0, 0.05) is 55.6 Å². The molecule has 33 heavy (non-hydrogen) atoms. The van der Waals surface area contributed by atoms with Crippen molar-refractivity contribution in [2.75, 3.05) is 24.5 Å². The second-order valence-corrected chi connectivity index (χ2v) is 9.18. The van der Waals surface area contributed by atoms with Gasteiger partial charge < -0.3 is 9.30 Å². The Morgan fingerprint density at radius 1 is 1.12 bits per heavy atom. The average molecular weight is 447 g/mol. The number of carbonyl (C=O) groups excluding carboxylic acids is 2. The third-order valence-electron chi connectivity index (χ3n) is 6.78. The van der Waals surface area contributed by atoms with Crippen molar-refractivity contribution < 1.29 is 9.59 Å². The van der Waals surface area contributed by atoms with E-state index in [0.29, 0.717) is 38.2 Å². The maximum absolute atomic E-state index is 13.1. The molecule has 2 aliphatic rings. The third kappa shape index (κ3) is 3.98. The third-order valence-corrected chi connectivity index (χ3v) is 6.78. The lowest BCUT2D eigenvalue weighted by molar-refractivity contribution is -0.119. The molecule has 0 aliphatic carbocycles. The van der Waals surface area contributed by atoms with E-state index < -0.39 is 0 Å². The zero-order chi connectivity index (χ0) is 23.1. The Labute approximate surface area is 193 Å². The summed E-state index contributed by atoms with van der Waals surface area (Å²) < 4.78 is 1.89. The quantitative estimate of drug-likeness (QED) is 0.613. The standard InChI is InChI=1S/C25H30N6O2/c1-4-10-31-22(32)6-5-19-17(3)26-23(28-24(19)31)18-8-12-29(13-9-18)25(33)20-15-30-11-7-16(2)14-21(30)27-20/h7,11,14-15,18H,4-6,8-10,12-13H2,1-3H3. The van der Waals surface area contributed by atoms with Crippen molar-refractivity contribution >= 4 is 23.3 Å². The number of hydrogen-bond acceptors (Lipinski definition) is 5. The molecule has 8 heteroatoms. The number of aromatic nitrogens is 4. The highest BCUT2D eigenvalue weighted by molar-refractivity contribution is 5.95. The van der Waals surface area contributed by atoms with Crippen molar-refractivity contribution in [1.82, 2.24) is 24.3 Å². The summed E-state index contributed by atoms with van der Waals surface area (Å²) >= 11 is 0. The Kier molecular flexibility index (Phi) is 5.60. The number of amides is 2. The molecule has 2 aliphatic heterocycles. The number of nitrogens with zero attached hydrogens (tertiary/aromatic N) is 6. The van der Waals surface area contributed by atoms with Crippen LogP contribution in [0.4, 0.5) is 5.82 Å². The van der Waals surface area contributed by atoms with Gasteiger partial charge in [-0.05, 0) is 57.2 Å². The van der Waals surface area contributed by atoms with E-state index in [1.165, 1.54) is 0 Å². The lowest BCUT2D eigenvalue weighted by atomic mass is 9.94. The van der Waals surface area contributed by atoms with Crippen LogP contribution in [0.25, 0.3) is 5.65 Å². The van der Waals surface area contributed by atoms with E-state index in [4.69, 9.17) is 9.97 Å². The Morgan fingerprint density at radius 2 is 1.91 bits per heavy atom. The van der Waals surface area contributed by atoms with E-state index in [2.05, 4.69) is 11.9 Å². The predicted octanol–water partition coefficient (Wildman–Crippen LogP) is 3.45. The number of pyridine rings is 1. The van der Waals surface area contributed by atoms with Gasteiger partial charge in [-0.25, -0.2) is 15.0 Å². The minimum absolute atomic E-state index is 0.0305. The summed E-state index contributed by atoms with van der Waals surface area (Å²) in [5.41, 5.74) is 4.46. The van der Waals surface area contributed by atoms with Crippen molar-refractivity contribution in [1.29, 1.82) is 0 Å². The van der Waals surface area contributed by atoms with Gasteiger partial charge >= 0.3 is 0 Å². The van der Waals surface area contributed by atoms with Gasteiger partial charge in [0.05, 0.1) is 0 Å². The molecule has 1 fully saturated rings. The Balaban J connectivity index is 1.32. The van der Waals surface area contributed by atoms with Crippen LogP contribution in [0.3, 0.4) is 0 Å². The summed E-state index contributed by atoms with van der Waals surface area (Å²) in [5.74, 6) is 1.90. The maximum atomic E-state index is 13.1. The minimum Gasteiger partial charge on any atom is -0.337 e. The number of likely N-dealkylation sites (tertiary alicyclic amines) is 1. The summed E-state index contributed by atoms with van der Waals surface area (Å²) in [7, 11) is 0. The number of piperidine rings is 1. The molecular formula is C25H30N6O2. The molecule has 0 unspecified atom stereocenters. The summed E-state index contributed by atoms with van der Waals surface area (Å²) in [6.07, 6.45) is 7.48. The molecule has 0 N–H and O–H groups in total. The number of hydrogen-bond donors (Lipinski definition) is 0. The first-order valence-corrected chi connectivity index (χ1v) is 11.9. The second kappa shape index (κ2) is 8.57. The van der Waals surface area contributed by atoms with E-state index >= 15 is 0 Å². The molecule has 5 heterocycles. The van der Waals surface area contributed by atoms with Crippen LogP contribution in [0.2, 0.25) is 0 Å². The van der Waals surface area contributed by atoms with Gasteiger partial charge in [0.2, 0.25) is 5.91 Å². The van der Waals surface area contributed by atoms with E-state index in [-0.39, 0.29) is 17.7 Å². The Hall–Kier alpha value is -3.29. The lowest BCUT2D eigenvalue weighted by Crippen LogP contribution is -2.39. The van der Waals surface area contributed by atoms with Gasteiger partial charge in [-0.15, -0.1) is 0 Å². The van der Waals surface area contributed by atoms with E-state index in [0.717, 1.165) is 53.4 Å². The largest absolute Gasteiger partial charge is 0.337 e. The Morgan fingerprint density at radius 3 is 2.67 bits per heavy atom. The molecule has 0 spiro atoms. The fourth-order valence-corrected chi connectivity index (χ4v) is 4.93. The fraction of sp³-hybridized carbons (Fsp3) is 0.480. The average Bonchev–Trinajstić information content (AvgIpc) is 3.23. The van der Waals surface area contributed by atoms with Crippen LogP contribution < -0.4 is 4.90 Å². The summed E-state index contributed by atoms with van der Waals surface area (Å²) in [6.45, 7) is 8.10. The number of imidazole rings is 1. The summed E-state index contributed by atoms with van der Waals surface area (Å²) in [4.78, 5) is 43.5. The Bertz CT molecular complexity index is 1230. The van der Waals surface area contributed by atoms with Gasteiger partial charge in [-0.1, -0.05) is 6.92 Å². The first-order chi connectivity index (χ1) is 15.9. The zero-order valence-electron chi connectivity index (χ0n) is 19.5. The normalized spacial score (nSPS) is 17.0. The van der Waals surface area contributed by atoms with Crippen LogP contribution in [-0.2, 0) is 11.2 Å². The summed E-state index contributed by atoms with van der Waals surface area (Å²) in [6, 6.07) is 3.98. The number of fused-ring (bicyclic) bond motifs is 2. The molecular weight excluding hydrogens is 416 g/mol. The number of carbonyl (C=O) groups is 2. The van der Waals surface area contributed by atoms with Gasteiger partial charge in [-0.3, -0.25) is 14.5 Å². The van der Waals surface area contributed by atoms with Gasteiger partial charge in [0.25, 0.3) is 5.91 Å². The summed E-state index contributed by atoms with van der Waals surface area (Å²) in [5, 5.41) is 0. The van der Waals surface area contributed by atoms with Crippen LogP contribution in [0.1, 0.15) is 71.7 Å². The van der Waals surface area contributed by atoms with Crippen molar-refractivity contribution in [3.63, 3.8) is 0 Å². The first kappa shape index (κ1) is 21.6. The highest BCUT2D eigenvalue weighted by Gasteiger charge is 2.31. The number of anilines is 1. The van der Waals surface area contributed by atoms with Crippen molar-refractivity contribution in [3.05, 3.63) is 52.9 Å². The SMILES string of the molecule is CCCN1C(=O)CCc2c(C)nc(C3CCN(C(=O)c4cn5ccc(C)cc5n4)CC3)nc21. The molecule has 3 aromatic heterocycles. The van der Waals surface area contributed by atoms with Gasteiger partial charge in [-0.2, -0.15) is 0 Å². The monoisotopic (exact) mass is 446 g/mol. The zero-order valence-corrected chi connectivity index (χ0v) is 19.5. The minimum atomic E-state index is -0.0305. The molecule has 0 aromatic carbocycles. The van der Waals surface area contributed by atoms with Crippen LogP contribution >= 0.6 is 0 Å². The molecule has 0 saturated carbocycles. The number of aryl methyl sites for hydroxylation is 2. The van der Waals surface area contributed by atoms with E-state index in [1.54, 1.807) is 6.20 Å². The smallest absolute Gasteiger partial charge is 0.274 e. The maximum Gasteiger partial charge on any atom is 0.274 e. The molecule has 0 atom stereocenters. The highest BCUT2D eigenvalue weighted by Crippen LogP contribution is 2.33. The second-order valence-electron chi connectivity index (χ2n) is 9.18. The molecule has 0 bridgehead atoms. The van der Waals surface area contributed by atoms with Gasteiger partial charge in [0.1, 0.15) is 23.0 Å². The van der Waals surface area contributed by atoms with Crippen LogP contribution in [0, 0.1) is 13.8 Å². The van der Waals surface area contributed by atoms with Crippen LogP contribution in [-0.4, -0.2) is 55.7 Å². The van der Waals surface area contributed by atoms with E-state index in [1.807, 2.05) is 46.4 Å². The fourth-order valence-electron chi connectivity index (χ4n) is 4.93.